The SMILES string of the molecule is O=C1c2ccccc2N[C@]2(C(=O)Nc3cc(F)ccc32)N1Cc1ccccc1. The minimum absolute atomic E-state index is 0.227. The lowest BCUT2D eigenvalue weighted by molar-refractivity contribution is -0.125. The van der Waals surface area contributed by atoms with Crippen molar-refractivity contribution in [3.05, 3.63) is 95.3 Å². The Balaban J connectivity index is 1.72. The summed E-state index contributed by atoms with van der Waals surface area (Å²) in [7, 11) is 0. The molecule has 2 aliphatic rings. The van der Waals surface area contributed by atoms with Crippen molar-refractivity contribution in [2.24, 2.45) is 0 Å². The third-order valence-corrected chi connectivity index (χ3v) is 5.25. The molecule has 5 rings (SSSR count). The highest BCUT2D eigenvalue weighted by Gasteiger charge is 2.56. The van der Waals surface area contributed by atoms with Crippen LogP contribution in [0.15, 0.2) is 72.8 Å². The predicted molar refractivity (Wildman–Crippen MR) is 103 cm³/mol. The van der Waals surface area contributed by atoms with Gasteiger partial charge < -0.3 is 10.6 Å². The molecular formula is C22H16FN3O2. The van der Waals surface area contributed by atoms with Crippen LogP contribution in [0, 0.1) is 5.82 Å². The second-order valence-corrected chi connectivity index (χ2v) is 6.90. The number of nitrogens with one attached hydrogen (secondary N) is 2. The van der Waals surface area contributed by atoms with Gasteiger partial charge in [0.05, 0.1) is 11.3 Å². The second kappa shape index (κ2) is 5.92. The van der Waals surface area contributed by atoms with Gasteiger partial charge in [0.15, 0.2) is 0 Å². The molecule has 0 radical (unpaired) electrons. The van der Waals surface area contributed by atoms with Crippen LogP contribution in [0.3, 0.4) is 0 Å². The molecule has 28 heavy (non-hydrogen) atoms. The quantitative estimate of drug-likeness (QED) is 0.720. The zero-order chi connectivity index (χ0) is 19.3. The van der Waals surface area contributed by atoms with Crippen LogP contribution in [0.25, 0.3) is 0 Å². The minimum Gasteiger partial charge on any atom is -0.350 e. The van der Waals surface area contributed by atoms with Crippen LogP contribution in [-0.4, -0.2) is 16.7 Å². The summed E-state index contributed by atoms with van der Waals surface area (Å²) in [5, 5.41) is 6.00. The van der Waals surface area contributed by atoms with Gasteiger partial charge in [0.25, 0.3) is 11.8 Å². The van der Waals surface area contributed by atoms with E-state index in [0.717, 1.165) is 5.56 Å². The largest absolute Gasteiger partial charge is 0.350 e. The summed E-state index contributed by atoms with van der Waals surface area (Å²) in [6.45, 7) is 0.227. The van der Waals surface area contributed by atoms with Crippen molar-refractivity contribution in [1.29, 1.82) is 0 Å². The number of carbonyl (C=O) groups excluding carboxylic acids is 2. The van der Waals surface area contributed by atoms with Gasteiger partial charge in [-0.3, -0.25) is 14.5 Å². The van der Waals surface area contributed by atoms with Crippen LogP contribution in [0.5, 0.6) is 0 Å². The number of rotatable bonds is 2. The first-order chi connectivity index (χ1) is 13.6. The zero-order valence-corrected chi connectivity index (χ0v) is 14.8. The smallest absolute Gasteiger partial charge is 0.276 e. The lowest BCUT2D eigenvalue weighted by Crippen LogP contribution is -2.60. The highest BCUT2D eigenvalue weighted by atomic mass is 19.1. The number of nitrogens with zero attached hydrogens (tertiary/aromatic N) is 1. The van der Waals surface area contributed by atoms with E-state index in [1.54, 1.807) is 30.3 Å². The highest BCUT2D eigenvalue weighted by Crippen LogP contribution is 2.46. The third kappa shape index (κ3) is 2.24. The molecule has 3 aromatic carbocycles. The molecule has 5 nitrogen and oxygen atoms in total. The minimum atomic E-state index is -1.44. The summed E-state index contributed by atoms with van der Waals surface area (Å²) in [4.78, 5) is 28.1. The molecule has 0 fully saturated rings. The van der Waals surface area contributed by atoms with E-state index in [9.17, 15) is 14.0 Å². The molecule has 2 aliphatic heterocycles. The van der Waals surface area contributed by atoms with E-state index in [-0.39, 0.29) is 12.5 Å². The lowest BCUT2D eigenvalue weighted by Gasteiger charge is -2.44. The van der Waals surface area contributed by atoms with Gasteiger partial charge in [-0.05, 0) is 35.9 Å². The van der Waals surface area contributed by atoms with E-state index in [2.05, 4.69) is 10.6 Å². The molecule has 1 atom stereocenters. The first-order valence-corrected chi connectivity index (χ1v) is 8.94. The van der Waals surface area contributed by atoms with Crippen molar-refractivity contribution in [3.63, 3.8) is 0 Å². The highest BCUT2D eigenvalue weighted by molar-refractivity contribution is 6.14. The normalized spacial score (nSPS) is 19.8. The number of hydrogen-bond donors (Lipinski definition) is 2. The predicted octanol–water partition coefficient (Wildman–Crippen LogP) is 3.70. The maximum atomic E-state index is 13.8. The fraction of sp³-hybridized carbons (Fsp3) is 0.0909. The van der Waals surface area contributed by atoms with Gasteiger partial charge in [-0.1, -0.05) is 42.5 Å². The number of anilines is 2. The standard InChI is InChI=1S/C22H16FN3O2/c23-15-10-11-17-19(12-15)24-21(28)22(17)25-18-9-5-4-8-16(18)20(27)26(22)13-14-6-2-1-3-7-14/h1-12,25H,13H2,(H,24,28)/t22-/m0/s1. The van der Waals surface area contributed by atoms with Gasteiger partial charge in [-0.2, -0.15) is 0 Å². The Morgan fingerprint density at radius 2 is 1.64 bits per heavy atom. The first kappa shape index (κ1) is 16.5. The van der Waals surface area contributed by atoms with E-state index < -0.39 is 17.4 Å². The Labute approximate surface area is 160 Å². The van der Waals surface area contributed by atoms with E-state index >= 15 is 0 Å². The average molecular weight is 373 g/mol. The average Bonchev–Trinajstić information content (AvgIpc) is 2.97. The maximum absolute atomic E-state index is 13.8. The van der Waals surface area contributed by atoms with Crippen LogP contribution >= 0.6 is 0 Å². The molecule has 0 unspecified atom stereocenters. The Morgan fingerprint density at radius 1 is 0.893 bits per heavy atom. The van der Waals surface area contributed by atoms with E-state index in [1.165, 1.54) is 17.0 Å². The fourth-order valence-electron chi connectivity index (χ4n) is 3.96. The van der Waals surface area contributed by atoms with Gasteiger partial charge in [0.2, 0.25) is 5.66 Å². The van der Waals surface area contributed by atoms with Crippen LogP contribution in [0.1, 0.15) is 21.5 Å². The molecular weight excluding hydrogens is 357 g/mol. The number of carbonyl (C=O) groups is 2. The van der Waals surface area contributed by atoms with Crippen molar-refractivity contribution in [3.8, 4) is 0 Å². The summed E-state index contributed by atoms with van der Waals surface area (Å²) in [6.07, 6.45) is 0. The second-order valence-electron chi connectivity index (χ2n) is 6.90. The molecule has 2 amide bonds. The van der Waals surface area contributed by atoms with Crippen LogP contribution in [0.2, 0.25) is 0 Å². The Bertz CT molecular complexity index is 1120. The van der Waals surface area contributed by atoms with E-state index in [0.29, 0.717) is 22.5 Å². The number of amides is 2. The Kier molecular flexibility index (Phi) is 3.49. The molecule has 138 valence electrons. The monoisotopic (exact) mass is 373 g/mol. The van der Waals surface area contributed by atoms with E-state index in [1.807, 2.05) is 30.3 Å². The number of halogens is 1. The first-order valence-electron chi connectivity index (χ1n) is 8.94. The molecule has 1 spiro atoms. The number of para-hydroxylation sites is 1. The molecule has 3 aromatic rings. The van der Waals surface area contributed by atoms with Crippen LogP contribution < -0.4 is 10.6 Å². The van der Waals surface area contributed by atoms with E-state index in [4.69, 9.17) is 0 Å². The topological polar surface area (TPSA) is 61.4 Å². The molecule has 0 saturated carbocycles. The van der Waals surface area contributed by atoms with Crippen molar-refractivity contribution >= 4 is 23.2 Å². The maximum Gasteiger partial charge on any atom is 0.276 e. The number of fused-ring (bicyclic) bond motifs is 3. The van der Waals surface area contributed by atoms with Crippen molar-refractivity contribution in [2.75, 3.05) is 10.6 Å². The number of hydrogen-bond acceptors (Lipinski definition) is 3. The summed E-state index contributed by atoms with van der Waals surface area (Å²) in [6, 6.07) is 20.7. The van der Waals surface area contributed by atoms with Crippen LogP contribution in [0.4, 0.5) is 15.8 Å². The molecule has 6 heteroatoms. The van der Waals surface area contributed by atoms with Gasteiger partial charge in [0.1, 0.15) is 5.82 Å². The van der Waals surface area contributed by atoms with Gasteiger partial charge >= 0.3 is 0 Å². The van der Waals surface area contributed by atoms with Gasteiger partial charge in [-0.25, -0.2) is 4.39 Å². The summed E-state index contributed by atoms with van der Waals surface area (Å²) in [5.74, 6) is -1.12. The Morgan fingerprint density at radius 3 is 2.46 bits per heavy atom. The van der Waals surface area contributed by atoms with Crippen LogP contribution in [-0.2, 0) is 17.0 Å². The molecule has 2 N–H and O–H groups in total. The van der Waals surface area contributed by atoms with Gasteiger partial charge in [0, 0.05) is 17.8 Å². The van der Waals surface area contributed by atoms with Gasteiger partial charge in [-0.15, -0.1) is 0 Å². The lowest BCUT2D eigenvalue weighted by atomic mass is 9.92. The fourth-order valence-corrected chi connectivity index (χ4v) is 3.96. The summed E-state index contributed by atoms with van der Waals surface area (Å²) in [5.41, 5.74) is 1.40. The number of benzene rings is 3. The summed E-state index contributed by atoms with van der Waals surface area (Å²) >= 11 is 0. The zero-order valence-electron chi connectivity index (χ0n) is 14.8. The molecule has 0 aliphatic carbocycles. The molecule has 0 bridgehead atoms. The van der Waals surface area contributed by atoms with Crippen molar-refractivity contribution in [2.45, 2.75) is 12.2 Å². The molecule has 2 heterocycles. The molecule has 0 saturated heterocycles. The third-order valence-electron chi connectivity index (χ3n) is 5.25. The summed E-state index contributed by atoms with van der Waals surface area (Å²) < 4.78 is 13.8. The molecule has 0 aromatic heterocycles. The Hall–Kier alpha value is -3.67. The van der Waals surface area contributed by atoms with Crippen molar-refractivity contribution < 1.29 is 14.0 Å². The van der Waals surface area contributed by atoms with Crippen molar-refractivity contribution in [1.82, 2.24) is 4.90 Å².